The van der Waals surface area contributed by atoms with Crippen LogP contribution in [0.15, 0.2) is 0 Å². The Morgan fingerprint density at radius 2 is 0.292 bits per heavy atom. The van der Waals surface area contributed by atoms with Gasteiger partial charge in [-0.3, -0.25) is 0 Å². The Morgan fingerprint density at radius 1 is 0.292 bits per heavy atom. The van der Waals surface area contributed by atoms with Crippen LogP contribution in [0, 0.1) is 0 Å². The van der Waals surface area contributed by atoms with E-state index < -0.39 is 54.5 Å². The van der Waals surface area contributed by atoms with Gasteiger partial charge in [-0.1, -0.05) is 0 Å². The van der Waals surface area contributed by atoms with Gasteiger partial charge in [0.25, 0.3) is 0 Å². The van der Waals surface area contributed by atoms with Crippen molar-refractivity contribution >= 4 is 0 Å². The summed E-state index contributed by atoms with van der Waals surface area (Å²) in [6.07, 6.45) is 0. The minimum atomic E-state index is -5.75. The second-order valence-electron chi connectivity index (χ2n) is 1.63. The quantitative estimate of drug-likeness (QED) is 0.209. The second-order valence-corrected chi connectivity index (χ2v) is 6.73. The maximum Gasteiger partial charge on any atom is 2.00 e. The summed E-state index contributed by atoms with van der Waals surface area (Å²) < 4.78 is 138. The van der Waals surface area contributed by atoms with E-state index >= 15 is 0 Å². The molecule has 0 radical (unpaired) electrons. The van der Waals surface area contributed by atoms with E-state index in [4.69, 9.17) is 63.7 Å². The molecule has 0 aliphatic rings. The maximum absolute atomic E-state index is 8.59. The van der Waals surface area contributed by atoms with Crippen molar-refractivity contribution in [2.45, 2.75) is 0 Å². The van der Waals surface area contributed by atoms with Crippen LogP contribution in [0.3, 0.4) is 0 Å². The summed E-state index contributed by atoms with van der Waals surface area (Å²) in [6, 6.07) is 0. The maximum atomic E-state index is 8.59. The van der Waals surface area contributed by atoms with E-state index in [2.05, 4.69) is 0 Å². The molecule has 0 fully saturated rings. The Morgan fingerprint density at radius 3 is 0.292 bits per heavy atom. The average molecular weight is 726 g/mol. The van der Waals surface area contributed by atoms with Crippen molar-refractivity contribution in [1.29, 1.82) is 0 Å². The first-order chi connectivity index (χ1) is 8.00. The van der Waals surface area contributed by atoms with E-state index in [0.29, 0.717) is 0 Å². The van der Waals surface area contributed by atoms with Gasteiger partial charge in [0.05, 0.1) is 0 Å². The minimum absolute atomic E-state index is 0. The summed E-state index contributed by atoms with van der Waals surface area (Å²) in [5.74, 6) is 0. The SMILES string of the molecule is [O]=[Cr](=[O])([O-])[O-].[O]=[Cr](=[O])([O-])[O-].[O]=[Cr](=[O])([O-])[O-].[O]=[Cr](=[O])([O-])[O-].[Zn+2].[Zn+2].[Zn+2].[Zn+2]. The minimum Gasteiger partial charge on any atom is 2.00 e. The van der Waals surface area contributed by atoms with Gasteiger partial charge in [0.1, 0.15) is 0 Å². The zero-order valence-electron chi connectivity index (χ0n) is 11.0. The van der Waals surface area contributed by atoms with E-state index in [1.165, 1.54) is 0 Å². The van der Waals surface area contributed by atoms with Gasteiger partial charge in [-0.05, 0) is 0 Å². The van der Waals surface area contributed by atoms with Crippen molar-refractivity contribution in [2.75, 3.05) is 0 Å². The third-order valence-electron chi connectivity index (χ3n) is 0. The van der Waals surface area contributed by atoms with Crippen molar-refractivity contribution in [3.8, 4) is 0 Å². The fraction of sp³-hybridized carbons (Fsp3) is 0. The molecular formula is Cr4O16Zn4. The van der Waals surface area contributed by atoms with Crippen molar-refractivity contribution in [3.05, 3.63) is 0 Å². The zero-order valence-corrected chi connectivity index (χ0v) is 28.0. The van der Waals surface area contributed by atoms with Crippen LogP contribution in [-0.2, 0) is 163 Å². The number of hydrogen-bond acceptors (Lipinski definition) is 16. The topological polar surface area (TPSA) is 321 Å². The van der Waals surface area contributed by atoms with Gasteiger partial charge in [0.15, 0.2) is 0 Å². The van der Waals surface area contributed by atoms with E-state index in [0.717, 1.165) is 0 Å². The van der Waals surface area contributed by atoms with Crippen molar-refractivity contribution < 1.29 is 196 Å². The van der Waals surface area contributed by atoms with E-state index in [-0.39, 0.29) is 77.9 Å². The van der Waals surface area contributed by atoms with Gasteiger partial charge in [-0.25, -0.2) is 0 Å². The molecule has 0 rings (SSSR count). The van der Waals surface area contributed by atoms with Crippen LogP contribution in [0.5, 0.6) is 0 Å². The van der Waals surface area contributed by atoms with E-state index in [1.807, 2.05) is 0 Å². The predicted molar refractivity (Wildman–Crippen MR) is 5.49 cm³/mol. The van der Waals surface area contributed by atoms with Gasteiger partial charge in [-0.2, -0.15) is 0 Å². The Labute approximate surface area is 193 Å². The Balaban J connectivity index is -0.0000000225. The molecule has 0 unspecified atom stereocenters. The fourth-order valence-corrected chi connectivity index (χ4v) is 0. The van der Waals surface area contributed by atoms with E-state index in [1.54, 1.807) is 0 Å². The first-order valence-electron chi connectivity index (χ1n) is 2.67. The van der Waals surface area contributed by atoms with Crippen molar-refractivity contribution in [1.82, 2.24) is 0 Å². The third kappa shape index (κ3) is 1900. The van der Waals surface area contributed by atoms with Crippen LogP contribution >= 0.6 is 0 Å². The van der Waals surface area contributed by atoms with E-state index in [9.17, 15) is 0 Å². The molecule has 0 aromatic heterocycles. The summed E-state index contributed by atoms with van der Waals surface area (Å²) in [6.45, 7) is 0. The molecule has 0 bridgehead atoms. The van der Waals surface area contributed by atoms with Gasteiger partial charge in [0.2, 0.25) is 0 Å². The van der Waals surface area contributed by atoms with Crippen LogP contribution in [-0.4, -0.2) is 0 Å². The van der Waals surface area contributed by atoms with Gasteiger partial charge >= 0.3 is 196 Å². The van der Waals surface area contributed by atoms with Crippen LogP contribution in [0.1, 0.15) is 0 Å². The molecule has 24 heteroatoms. The smallest absolute Gasteiger partial charge is 2.00 e. The Kier molecular flexibility index (Phi) is 46.2. The van der Waals surface area contributed by atoms with Crippen molar-refractivity contribution in [3.63, 3.8) is 0 Å². The molecule has 16 nitrogen and oxygen atoms in total. The normalized spacial score (nSPS) is 9.67. The molecule has 0 saturated carbocycles. The van der Waals surface area contributed by atoms with Gasteiger partial charge in [0, 0.05) is 0 Å². The summed E-state index contributed by atoms with van der Waals surface area (Å²) in [4.78, 5) is 0. The van der Waals surface area contributed by atoms with Crippen LogP contribution in [0.4, 0.5) is 0 Å². The molecule has 128 valence electrons. The molecular weight excluding hydrogens is 726 g/mol. The monoisotopic (exact) mass is 719 g/mol. The molecule has 0 aliphatic heterocycles. The Hall–Kier alpha value is 2.70. The molecule has 0 amide bonds. The Bertz CT molecular complexity index is 483. The summed E-state index contributed by atoms with van der Waals surface area (Å²) in [7, 11) is 0. The molecule has 0 heterocycles. The average Bonchev–Trinajstić information content (AvgIpc) is 1.62. The predicted octanol–water partition coefficient (Wildman–Crippen LogP) is -10.5. The van der Waals surface area contributed by atoms with Crippen LogP contribution < -0.4 is 33.3 Å². The first kappa shape index (κ1) is 50.4. The first-order valence-corrected chi connectivity index (χ1v) is 11.0. The fourth-order valence-electron chi connectivity index (χ4n) is 0. The summed E-state index contributed by atoms with van der Waals surface area (Å²) >= 11 is -23.0. The van der Waals surface area contributed by atoms with Crippen LogP contribution in [0.25, 0.3) is 0 Å². The standard InChI is InChI=1S/4Cr.16O.4Zn/q;;;;;;;;;;;;8*-1;4*+2. The zero-order chi connectivity index (χ0) is 18.0. The molecule has 24 heavy (non-hydrogen) atoms. The van der Waals surface area contributed by atoms with Crippen molar-refractivity contribution in [2.24, 2.45) is 0 Å². The largest absolute Gasteiger partial charge is 2.00 e. The van der Waals surface area contributed by atoms with Gasteiger partial charge < -0.3 is 0 Å². The number of rotatable bonds is 0. The van der Waals surface area contributed by atoms with Gasteiger partial charge in [-0.15, -0.1) is 0 Å². The second kappa shape index (κ2) is 22.0. The molecule has 0 aliphatic carbocycles. The third-order valence-corrected chi connectivity index (χ3v) is 0. The molecule has 0 aromatic carbocycles. The molecule has 0 saturated heterocycles. The molecule has 0 N–H and O–H groups in total. The molecule has 0 spiro atoms. The molecule has 0 atom stereocenters. The summed E-state index contributed by atoms with van der Waals surface area (Å²) in [5.41, 5.74) is 0. The van der Waals surface area contributed by atoms with Crippen LogP contribution in [0.2, 0.25) is 0 Å². The number of hydrogen-bond donors (Lipinski definition) is 0. The molecule has 0 aromatic rings. The summed E-state index contributed by atoms with van der Waals surface area (Å²) in [5, 5.41) is 0.